The van der Waals surface area contributed by atoms with Crippen molar-refractivity contribution >= 4 is 39.6 Å². The lowest BCUT2D eigenvalue weighted by Crippen LogP contribution is -2.11. The number of carbonyl (C=O) groups excluding carboxylic acids is 2. The number of allylic oxidation sites excluding steroid dienone is 1. The van der Waals surface area contributed by atoms with Gasteiger partial charge in [0.25, 0.3) is 5.91 Å². The zero-order chi connectivity index (χ0) is 27.7. The summed E-state index contributed by atoms with van der Waals surface area (Å²) < 4.78 is 13.3. The molecule has 0 N–H and O–H groups in total. The summed E-state index contributed by atoms with van der Waals surface area (Å²) in [6.45, 7) is 0.221. The molecule has 40 heavy (non-hydrogen) atoms. The zero-order valence-electron chi connectivity index (χ0n) is 21.8. The molecule has 0 aliphatic heterocycles. The normalized spacial score (nSPS) is 10.8. The minimum Gasteiger partial charge on any atom is -0.497 e. The molecule has 2 aromatic heterocycles. The molecule has 4 aromatic carbocycles. The molecule has 2 heterocycles. The van der Waals surface area contributed by atoms with E-state index in [2.05, 4.69) is 40.3 Å². The Morgan fingerprint density at radius 2 is 1.40 bits per heavy atom. The number of hydrogen-bond acceptors (Lipinski definition) is 6. The van der Waals surface area contributed by atoms with Crippen molar-refractivity contribution in [2.45, 2.75) is 6.61 Å². The Balaban J connectivity index is 0.000000170. The standard InChI is InChI=1S/C19H14N2O2.C13H12N2O2/c22-19(21-10-9-20-13-21)23-12-18-16-7-3-1-5-14(16)11-15-6-2-4-8-17(15)18;1-17-12-5-2-11(3-6-12)4-7-13(16)15-9-8-14-10-15/h1-11,13H,12H2;2-10H,1H3/b;7-4+. The summed E-state index contributed by atoms with van der Waals surface area (Å²) in [5.74, 6) is 0.668. The average molecular weight is 531 g/mol. The molecule has 6 aromatic rings. The van der Waals surface area contributed by atoms with Crippen LogP contribution in [0.3, 0.4) is 0 Å². The summed E-state index contributed by atoms with van der Waals surface area (Å²) in [7, 11) is 1.62. The fraction of sp³-hybridized carbons (Fsp3) is 0.0625. The Bertz CT molecular complexity index is 1700. The molecule has 0 unspecified atom stereocenters. The van der Waals surface area contributed by atoms with Gasteiger partial charge in [0.2, 0.25) is 0 Å². The van der Waals surface area contributed by atoms with Crippen molar-refractivity contribution < 1.29 is 19.1 Å². The number of rotatable bonds is 5. The van der Waals surface area contributed by atoms with Gasteiger partial charge in [0.15, 0.2) is 0 Å². The quantitative estimate of drug-likeness (QED) is 0.184. The number of aromatic nitrogens is 4. The monoisotopic (exact) mass is 530 g/mol. The van der Waals surface area contributed by atoms with Crippen LogP contribution in [-0.2, 0) is 11.3 Å². The van der Waals surface area contributed by atoms with E-state index in [1.165, 1.54) is 27.9 Å². The van der Waals surface area contributed by atoms with Gasteiger partial charge in [0, 0.05) is 36.4 Å². The van der Waals surface area contributed by atoms with Crippen LogP contribution in [0, 0.1) is 0 Å². The molecule has 0 aliphatic carbocycles. The van der Waals surface area contributed by atoms with E-state index >= 15 is 0 Å². The van der Waals surface area contributed by atoms with E-state index in [-0.39, 0.29) is 12.5 Å². The highest BCUT2D eigenvalue weighted by atomic mass is 16.5. The van der Waals surface area contributed by atoms with E-state index in [0.29, 0.717) is 0 Å². The maximum atomic E-state index is 12.1. The van der Waals surface area contributed by atoms with Crippen LogP contribution < -0.4 is 4.74 Å². The minimum absolute atomic E-state index is 0.127. The Kier molecular flexibility index (Phi) is 8.07. The Morgan fingerprint density at radius 3 is 1.98 bits per heavy atom. The first-order chi connectivity index (χ1) is 19.6. The van der Waals surface area contributed by atoms with Gasteiger partial charge in [-0.05, 0) is 51.4 Å². The Morgan fingerprint density at radius 1 is 0.800 bits per heavy atom. The van der Waals surface area contributed by atoms with Gasteiger partial charge < -0.3 is 9.47 Å². The van der Waals surface area contributed by atoms with Crippen molar-refractivity contribution in [1.82, 2.24) is 19.1 Å². The third-order valence-electron chi connectivity index (χ3n) is 6.23. The summed E-state index contributed by atoms with van der Waals surface area (Å²) in [6, 6.07) is 25.9. The number of carbonyl (C=O) groups is 2. The molecule has 6 rings (SSSR count). The van der Waals surface area contributed by atoms with Crippen LogP contribution in [0.2, 0.25) is 0 Å². The minimum atomic E-state index is -0.431. The molecule has 0 bridgehead atoms. The number of nitrogens with zero attached hydrogens (tertiary/aromatic N) is 4. The highest BCUT2D eigenvalue weighted by molar-refractivity contribution is 6.02. The van der Waals surface area contributed by atoms with E-state index in [1.807, 2.05) is 48.5 Å². The molecule has 198 valence electrons. The van der Waals surface area contributed by atoms with Crippen LogP contribution in [0.5, 0.6) is 5.75 Å². The maximum absolute atomic E-state index is 12.1. The maximum Gasteiger partial charge on any atom is 0.419 e. The van der Waals surface area contributed by atoms with E-state index in [4.69, 9.17) is 9.47 Å². The number of hydrogen-bond donors (Lipinski definition) is 0. The number of ether oxygens (including phenoxy) is 2. The third kappa shape index (κ3) is 6.14. The van der Waals surface area contributed by atoms with Gasteiger partial charge in [-0.2, -0.15) is 0 Å². The van der Waals surface area contributed by atoms with Crippen LogP contribution in [-0.4, -0.2) is 38.2 Å². The lowest BCUT2D eigenvalue weighted by atomic mass is 9.97. The predicted octanol–water partition coefficient (Wildman–Crippen LogP) is 6.62. The molecule has 0 saturated carbocycles. The van der Waals surface area contributed by atoms with E-state index in [1.54, 1.807) is 38.0 Å². The van der Waals surface area contributed by atoms with Gasteiger partial charge in [-0.25, -0.2) is 19.3 Å². The van der Waals surface area contributed by atoms with Gasteiger partial charge in [-0.1, -0.05) is 60.7 Å². The molecule has 0 radical (unpaired) electrons. The Hall–Kier alpha value is -5.50. The summed E-state index contributed by atoms with van der Waals surface area (Å²) in [5.41, 5.74) is 1.96. The second kappa shape index (κ2) is 12.4. The van der Waals surface area contributed by atoms with Gasteiger partial charge in [-0.15, -0.1) is 0 Å². The molecule has 0 spiro atoms. The number of methoxy groups -OCH3 is 1. The fourth-order valence-electron chi connectivity index (χ4n) is 4.20. The average Bonchev–Trinajstić information content (AvgIpc) is 3.74. The summed E-state index contributed by atoms with van der Waals surface area (Å²) in [4.78, 5) is 31.3. The molecule has 0 saturated heterocycles. The number of benzene rings is 4. The van der Waals surface area contributed by atoms with Crippen LogP contribution in [0.15, 0.2) is 122 Å². The first kappa shape index (κ1) is 26.1. The van der Waals surface area contributed by atoms with Crippen molar-refractivity contribution in [2.75, 3.05) is 7.11 Å². The van der Waals surface area contributed by atoms with Crippen molar-refractivity contribution in [3.8, 4) is 5.75 Å². The molecular formula is C32H26N4O4. The topological polar surface area (TPSA) is 88.2 Å². The van der Waals surface area contributed by atoms with Gasteiger partial charge in [-0.3, -0.25) is 9.36 Å². The highest BCUT2D eigenvalue weighted by Crippen LogP contribution is 2.29. The molecule has 0 atom stereocenters. The summed E-state index contributed by atoms with van der Waals surface area (Å²) >= 11 is 0. The number of fused-ring (bicyclic) bond motifs is 2. The fourth-order valence-corrected chi connectivity index (χ4v) is 4.20. The van der Waals surface area contributed by atoms with Gasteiger partial charge in [0.1, 0.15) is 25.0 Å². The van der Waals surface area contributed by atoms with Crippen LogP contribution in [0.25, 0.3) is 27.6 Å². The van der Waals surface area contributed by atoms with Crippen molar-refractivity contribution in [1.29, 1.82) is 0 Å². The van der Waals surface area contributed by atoms with Gasteiger partial charge in [0.05, 0.1) is 7.11 Å². The predicted molar refractivity (Wildman–Crippen MR) is 154 cm³/mol. The molecular weight excluding hydrogens is 504 g/mol. The summed E-state index contributed by atoms with van der Waals surface area (Å²) in [5, 5.41) is 4.48. The highest BCUT2D eigenvalue weighted by Gasteiger charge is 2.11. The van der Waals surface area contributed by atoms with Crippen LogP contribution in [0.1, 0.15) is 15.9 Å². The molecule has 0 fully saturated rings. The lowest BCUT2D eigenvalue weighted by Gasteiger charge is -2.12. The third-order valence-corrected chi connectivity index (χ3v) is 6.23. The second-order valence-corrected chi connectivity index (χ2v) is 8.74. The smallest absolute Gasteiger partial charge is 0.419 e. The Labute approximate surface area is 230 Å². The van der Waals surface area contributed by atoms with Crippen molar-refractivity contribution in [3.05, 3.63) is 134 Å². The van der Waals surface area contributed by atoms with Crippen LogP contribution in [0.4, 0.5) is 4.79 Å². The van der Waals surface area contributed by atoms with E-state index in [0.717, 1.165) is 38.4 Å². The van der Waals surface area contributed by atoms with E-state index in [9.17, 15) is 9.59 Å². The molecule has 8 heteroatoms. The second-order valence-electron chi connectivity index (χ2n) is 8.74. The largest absolute Gasteiger partial charge is 0.497 e. The molecule has 0 amide bonds. The van der Waals surface area contributed by atoms with Crippen molar-refractivity contribution in [2.24, 2.45) is 0 Å². The summed E-state index contributed by atoms with van der Waals surface area (Å²) in [6.07, 6.45) is 12.0. The number of imidazole rings is 2. The van der Waals surface area contributed by atoms with E-state index < -0.39 is 6.09 Å². The van der Waals surface area contributed by atoms with Gasteiger partial charge >= 0.3 is 6.09 Å². The first-order valence-electron chi connectivity index (χ1n) is 12.5. The molecule has 0 aliphatic rings. The van der Waals surface area contributed by atoms with Crippen LogP contribution >= 0.6 is 0 Å². The zero-order valence-corrected chi connectivity index (χ0v) is 21.8. The van der Waals surface area contributed by atoms with Crippen molar-refractivity contribution in [3.63, 3.8) is 0 Å². The SMILES string of the molecule is COc1ccc(/C=C/C(=O)n2ccnc2)cc1.O=C(OCc1c2ccccc2cc2ccccc12)n1ccnc1. The first-order valence-corrected chi connectivity index (χ1v) is 12.5. The lowest BCUT2D eigenvalue weighted by molar-refractivity contribution is 0.0969. The molecule has 8 nitrogen and oxygen atoms in total.